The molecule has 3 nitrogen and oxygen atoms in total. The van der Waals surface area contributed by atoms with Crippen molar-refractivity contribution in [1.29, 1.82) is 0 Å². The number of hydrogen-bond donors (Lipinski definition) is 0. The maximum atomic E-state index is 14.5. The second-order valence-electron chi connectivity index (χ2n) is 7.30. The molecule has 1 aromatic rings. The van der Waals surface area contributed by atoms with Gasteiger partial charge in [-0.1, -0.05) is 12.8 Å². The molecule has 6 heteroatoms. The van der Waals surface area contributed by atoms with Gasteiger partial charge in [0.1, 0.15) is 5.82 Å². The van der Waals surface area contributed by atoms with Gasteiger partial charge < -0.3 is 9.31 Å². The molecule has 2 heterocycles. The van der Waals surface area contributed by atoms with Crippen molar-refractivity contribution >= 4 is 12.6 Å². The largest absolute Gasteiger partial charge is 0.502 e. The molecule has 0 radical (unpaired) electrons. The van der Waals surface area contributed by atoms with E-state index in [1.165, 1.54) is 6.07 Å². The number of hydrogen-bond acceptors (Lipinski definition) is 3. The van der Waals surface area contributed by atoms with Gasteiger partial charge in [-0.2, -0.15) is 4.39 Å². The number of aromatic nitrogens is 1. The van der Waals surface area contributed by atoms with Crippen LogP contribution in [-0.4, -0.2) is 23.3 Å². The Balaban J connectivity index is 1.92. The van der Waals surface area contributed by atoms with Crippen LogP contribution < -0.4 is 5.46 Å². The number of nitrogens with zero attached hydrogens (tertiary/aromatic N) is 1. The van der Waals surface area contributed by atoms with Crippen LogP contribution in [0.2, 0.25) is 0 Å². The molecule has 1 aromatic heterocycles. The zero-order valence-corrected chi connectivity index (χ0v) is 13.6. The molecule has 0 spiro atoms. The first-order valence-corrected chi connectivity index (χ1v) is 7.93. The van der Waals surface area contributed by atoms with E-state index in [1.54, 1.807) is 0 Å². The molecule has 2 fully saturated rings. The van der Waals surface area contributed by atoms with Crippen molar-refractivity contribution in [3.05, 3.63) is 23.5 Å². The topological polar surface area (TPSA) is 31.4 Å². The first-order valence-electron chi connectivity index (χ1n) is 7.93. The normalized spacial score (nSPS) is 24.2. The van der Waals surface area contributed by atoms with Crippen LogP contribution in [0.25, 0.3) is 0 Å². The van der Waals surface area contributed by atoms with Gasteiger partial charge in [0.05, 0.1) is 16.7 Å². The van der Waals surface area contributed by atoms with E-state index < -0.39 is 30.1 Å². The fourth-order valence-electron chi connectivity index (χ4n) is 3.11. The zero-order valence-electron chi connectivity index (χ0n) is 13.6. The summed E-state index contributed by atoms with van der Waals surface area (Å²) >= 11 is 0. The first kappa shape index (κ1) is 15.9. The van der Waals surface area contributed by atoms with E-state index in [-0.39, 0.29) is 11.4 Å². The summed E-state index contributed by atoms with van der Waals surface area (Å²) in [5.74, 6) is -1.29. The van der Waals surface area contributed by atoms with Gasteiger partial charge in [-0.15, -0.1) is 0 Å². The summed E-state index contributed by atoms with van der Waals surface area (Å²) in [6, 6.07) is 1.35. The summed E-state index contributed by atoms with van der Waals surface area (Å²) < 4.78 is 40.4. The third-order valence-electron chi connectivity index (χ3n) is 5.24. The van der Waals surface area contributed by atoms with E-state index in [9.17, 15) is 8.78 Å². The highest BCUT2D eigenvalue weighted by molar-refractivity contribution is 6.62. The lowest BCUT2D eigenvalue weighted by Crippen LogP contribution is -2.41. The number of rotatable bonds is 2. The van der Waals surface area contributed by atoms with Gasteiger partial charge in [0.25, 0.3) is 0 Å². The van der Waals surface area contributed by atoms with Crippen LogP contribution in [0.3, 0.4) is 0 Å². The maximum Gasteiger partial charge on any atom is 0.502 e. The summed E-state index contributed by atoms with van der Waals surface area (Å²) in [5.41, 5.74) is -0.991. The Morgan fingerprint density at radius 1 is 1.09 bits per heavy atom. The Hall–Kier alpha value is -1.01. The van der Waals surface area contributed by atoms with E-state index >= 15 is 0 Å². The molecule has 1 aliphatic heterocycles. The quantitative estimate of drug-likeness (QED) is 0.620. The van der Waals surface area contributed by atoms with Gasteiger partial charge in [0.15, 0.2) is 0 Å². The Labute approximate surface area is 130 Å². The fraction of sp³-hybridized carbons (Fsp3) is 0.688. The summed E-state index contributed by atoms with van der Waals surface area (Å²) in [7, 11) is -1.06. The average molecular weight is 309 g/mol. The summed E-state index contributed by atoms with van der Waals surface area (Å²) in [5, 5.41) is 0. The van der Waals surface area contributed by atoms with Gasteiger partial charge in [0, 0.05) is 11.6 Å². The van der Waals surface area contributed by atoms with Crippen molar-refractivity contribution in [2.24, 2.45) is 0 Å². The average Bonchev–Trinajstić information content (AvgIpc) is 2.95. The Morgan fingerprint density at radius 3 is 2.14 bits per heavy atom. The van der Waals surface area contributed by atoms with Crippen molar-refractivity contribution in [1.82, 2.24) is 4.98 Å². The minimum absolute atomic E-state index is 0.163. The number of halogens is 2. The van der Waals surface area contributed by atoms with Crippen LogP contribution in [0.4, 0.5) is 8.78 Å². The first-order chi connectivity index (χ1) is 10.2. The highest BCUT2D eigenvalue weighted by atomic mass is 19.1. The summed E-state index contributed by atoms with van der Waals surface area (Å²) in [6.45, 7) is 7.40. The van der Waals surface area contributed by atoms with Crippen LogP contribution in [0.1, 0.15) is 65.0 Å². The molecule has 1 aliphatic carbocycles. The summed E-state index contributed by atoms with van der Waals surface area (Å²) in [6.07, 6.45) is 4.08. The van der Waals surface area contributed by atoms with Gasteiger partial charge in [-0.25, -0.2) is 9.37 Å². The standard InChI is InChI=1S/C16H22BF2NO2/c1-15(2)16(3,4)22-17(21-15)13-11(18)9-12(20-14(13)19)10-7-5-6-8-10/h9-10H,5-8H2,1-4H3. The lowest BCUT2D eigenvalue weighted by molar-refractivity contribution is 0.00578. The second-order valence-corrected chi connectivity index (χ2v) is 7.30. The van der Waals surface area contributed by atoms with Crippen molar-refractivity contribution in [3.8, 4) is 0 Å². The van der Waals surface area contributed by atoms with Crippen molar-refractivity contribution < 1.29 is 18.1 Å². The molecule has 0 aromatic carbocycles. The molecule has 3 rings (SSSR count). The molecule has 0 bridgehead atoms. The van der Waals surface area contributed by atoms with Crippen molar-refractivity contribution in [2.45, 2.75) is 70.5 Å². The van der Waals surface area contributed by atoms with E-state index in [0.29, 0.717) is 5.69 Å². The number of pyridine rings is 1. The Kier molecular flexibility index (Phi) is 3.80. The predicted molar refractivity (Wildman–Crippen MR) is 81.1 cm³/mol. The Morgan fingerprint density at radius 2 is 1.64 bits per heavy atom. The molecule has 0 N–H and O–H groups in total. The highest BCUT2D eigenvalue weighted by Gasteiger charge is 2.53. The van der Waals surface area contributed by atoms with Crippen molar-refractivity contribution in [3.63, 3.8) is 0 Å². The smallest absolute Gasteiger partial charge is 0.399 e. The summed E-state index contributed by atoms with van der Waals surface area (Å²) in [4.78, 5) is 3.99. The molecule has 0 unspecified atom stereocenters. The minimum Gasteiger partial charge on any atom is -0.399 e. The monoisotopic (exact) mass is 309 g/mol. The van der Waals surface area contributed by atoms with Crippen molar-refractivity contribution in [2.75, 3.05) is 0 Å². The molecule has 0 atom stereocenters. The molecule has 1 saturated heterocycles. The predicted octanol–water partition coefficient (Wildman–Crippen LogP) is 3.32. The molecule has 0 amide bonds. The van der Waals surface area contributed by atoms with Crippen LogP contribution in [0, 0.1) is 11.8 Å². The van der Waals surface area contributed by atoms with E-state index in [0.717, 1.165) is 25.7 Å². The van der Waals surface area contributed by atoms with E-state index in [2.05, 4.69) is 4.98 Å². The third kappa shape index (κ3) is 2.56. The Bertz CT molecular complexity index is 547. The van der Waals surface area contributed by atoms with Crippen LogP contribution in [-0.2, 0) is 9.31 Å². The van der Waals surface area contributed by atoms with E-state index in [1.807, 2.05) is 27.7 Å². The van der Waals surface area contributed by atoms with E-state index in [4.69, 9.17) is 9.31 Å². The van der Waals surface area contributed by atoms with Crippen LogP contribution in [0.5, 0.6) is 0 Å². The maximum absolute atomic E-state index is 14.5. The van der Waals surface area contributed by atoms with Gasteiger partial charge >= 0.3 is 7.12 Å². The molecular formula is C16H22BF2NO2. The lowest BCUT2D eigenvalue weighted by atomic mass is 9.79. The highest BCUT2D eigenvalue weighted by Crippen LogP contribution is 2.37. The lowest BCUT2D eigenvalue weighted by Gasteiger charge is -2.32. The van der Waals surface area contributed by atoms with Crippen LogP contribution in [0.15, 0.2) is 6.07 Å². The van der Waals surface area contributed by atoms with Crippen LogP contribution >= 0.6 is 0 Å². The van der Waals surface area contributed by atoms with Gasteiger partial charge in [-0.05, 0) is 46.6 Å². The van der Waals surface area contributed by atoms with Gasteiger partial charge in [0.2, 0.25) is 5.95 Å². The fourth-order valence-corrected chi connectivity index (χ4v) is 3.11. The zero-order chi connectivity index (χ0) is 16.1. The molecular weight excluding hydrogens is 287 g/mol. The molecule has 1 saturated carbocycles. The molecule has 22 heavy (non-hydrogen) atoms. The molecule has 120 valence electrons. The SMILES string of the molecule is CC1(C)OB(c2c(F)cc(C3CCCC3)nc2F)OC1(C)C. The minimum atomic E-state index is -1.06. The third-order valence-corrected chi connectivity index (χ3v) is 5.24. The van der Waals surface area contributed by atoms with Gasteiger partial charge in [-0.3, -0.25) is 0 Å². The second kappa shape index (κ2) is 5.27. The molecule has 2 aliphatic rings.